The molecule has 318 valence electrons. The Kier molecular flexibility index (Phi) is 9.76. The maximum absolute atomic E-state index is 13.3. The molecule has 8 heterocycles. The van der Waals surface area contributed by atoms with Gasteiger partial charge in [-0.2, -0.15) is 0 Å². The molecule has 18 heteroatoms. The average Bonchev–Trinajstić information content (AvgIpc) is 3.97. The number of nitrogens with zero attached hydrogens (tertiary/aromatic N) is 9. The molecule has 3 unspecified atom stereocenters. The van der Waals surface area contributed by atoms with Crippen LogP contribution in [-0.2, 0) is 9.59 Å². The number of hydrogen-bond donors (Lipinski definition) is 3. The minimum absolute atomic E-state index is 0.0602. The predicted molar refractivity (Wildman–Crippen MR) is 225 cm³/mol. The van der Waals surface area contributed by atoms with Gasteiger partial charge in [-0.1, -0.05) is 0 Å². The summed E-state index contributed by atoms with van der Waals surface area (Å²) in [4.78, 5) is 98.9. The van der Waals surface area contributed by atoms with Gasteiger partial charge < -0.3 is 40.4 Å². The van der Waals surface area contributed by atoms with Crippen LogP contribution in [0.1, 0.15) is 56.9 Å². The first-order valence-electron chi connectivity index (χ1n) is 21.4. The lowest BCUT2D eigenvalue weighted by Crippen LogP contribution is -2.54. The number of rotatable bonds is 10. The third-order valence-electron chi connectivity index (χ3n) is 13.7. The van der Waals surface area contributed by atoms with Crippen molar-refractivity contribution in [2.45, 2.75) is 37.8 Å². The van der Waals surface area contributed by atoms with E-state index >= 15 is 0 Å². The number of benzene rings is 2. The van der Waals surface area contributed by atoms with Gasteiger partial charge in [0.15, 0.2) is 11.5 Å². The number of nitrogens with one attached hydrogen (secondary N) is 2. The van der Waals surface area contributed by atoms with Gasteiger partial charge in [-0.25, -0.2) is 14.8 Å². The molecule has 0 spiro atoms. The van der Waals surface area contributed by atoms with Gasteiger partial charge in [-0.05, 0) is 73.6 Å². The number of likely N-dealkylation sites (N-methyl/N-ethyl adjacent to an activating group) is 1. The van der Waals surface area contributed by atoms with Crippen molar-refractivity contribution in [3.63, 3.8) is 0 Å². The zero-order valence-electron chi connectivity index (χ0n) is 34.2. The van der Waals surface area contributed by atoms with Crippen molar-refractivity contribution in [2.24, 2.45) is 23.5 Å². The number of amides is 7. The SMILES string of the molecule is CN1CCN([C@@H]2CCCN(c3cnc(C(N)=O)c(Nc4ccc(N5CC6CN(CC7CN(c8ccc9c(c8)C(=O)N(C8CCC(=O)NC8=O)C9=O)C7)CC6C5)cc4)n3)C2)C1=O. The van der Waals surface area contributed by atoms with Crippen LogP contribution in [0.15, 0.2) is 48.7 Å². The molecule has 6 saturated heterocycles. The van der Waals surface area contributed by atoms with Crippen LogP contribution < -0.4 is 31.1 Å². The monoisotopic (exact) mass is 830 g/mol. The van der Waals surface area contributed by atoms with E-state index in [0.717, 1.165) is 100 Å². The number of piperidine rings is 2. The van der Waals surface area contributed by atoms with Crippen molar-refractivity contribution in [1.82, 2.24) is 34.9 Å². The summed E-state index contributed by atoms with van der Waals surface area (Å²) in [6.45, 7) is 9.69. The Morgan fingerprint density at radius 3 is 2.25 bits per heavy atom. The molecule has 7 aliphatic rings. The molecular formula is C43H50N12O6. The fourth-order valence-electron chi connectivity index (χ4n) is 10.5. The standard InChI is InChI=1S/C43H50N12O6/c1-49-13-14-54(43(49)61)31-3-2-12-51(24-31)35-16-45-37(38(44)57)39(47-35)46-28-4-6-29(7-5-28)53-22-26-20-50(21-27(26)23-53)17-25-18-52(19-25)30-8-9-32-33(15-30)42(60)55(41(32)59)34-10-11-36(56)48-40(34)58/h4-9,15-16,25-27,31,34H,2-3,10-14,17-24H2,1H3,(H2,44,57)(H,46,47)(H,48,56,58)/t26?,27?,31-,34?/m1/s1. The van der Waals surface area contributed by atoms with Crippen LogP contribution in [0, 0.1) is 17.8 Å². The number of aromatic nitrogens is 2. The Balaban J connectivity index is 0.709. The summed E-state index contributed by atoms with van der Waals surface area (Å²) in [5.41, 5.74) is 9.21. The van der Waals surface area contributed by atoms with Gasteiger partial charge in [0.2, 0.25) is 11.8 Å². The summed E-state index contributed by atoms with van der Waals surface area (Å²) in [5, 5.41) is 5.54. The molecule has 3 aromatic rings. The van der Waals surface area contributed by atoms with Crippen LogP contribution in [0.4, 0.5) is 33.5 Å². The smallest absolute Gasteiger partial charge is 0.320 e. The Hall–Kier alpha value is -6.30. The molecule has 4 N–H and O–H groups in total. The first-order chi connectivity index (χ1) is 29.5. The van der Waals surface area contributed by atoms with Crippen LogP contribution in [0.5, 0.6) is 0 Å². The third kappa shape index (κ3) is 7.15. The fourth-order valence-corrected chi connectivity index (χ4v) is 10.5. The second-order valence-electron chi connectivity index (χ2n) is 17.7. The number of hydrogen-bond acceptors (Lipinski definition) is 13. The third-order valence-corrected chi connectivity index (χ3v) is 13.7. The van der Waals surface area contributed by atoms with Gasteiger partial charge in [-0.15, -0.1) is 0 Å². The summed E-state index contributed by atoms with van der Waals surface area (Å²) in [6.07, 6.45) is 3.67. The van der Waals surface area contributed by atoms with Crippen LogP contribution in [0.2, 0.25) is 0 Å². The highest BCUT2D eigenvalue weighted by atomic mass is 16.2. The molecule has 0 bridgehead atoms. The van der Waals surface area contributed by atoms with Gasteiger partial charge in [0.25, 0.3) is 17.7 Å². The zero-order valence-corrected chi connectivity index (χ0v) is 34.2. The maximum Gasteiger partial charge on any atom is 0.320 e. The van der Waals surface area contributed by atoms with Crippen molar-refractivity contribution >= 4 is 64.3 Å². The van der Waals surface area contributed by atoms with Crippen molar-refractivity contribution in [2.75, 3.05) is 99.1 Å². The molecular weight excluding hydrogens is 781 g/mol. The summed E-state index contributed by atoms with van der Waals surface area (Å²) >= 11 is 0. The van der Waals surface area contributed by atoms with Gasteiger partial charge in [0.05, 0.1) is 23.4 Å². The average molecular weight is 831 g/mol. The van der Waals surface area contributed by atoms with E-state index in [9.17, 15) is 28.8 Å². The molecule has 18 nitrogen and oxygen atoms in total. The number of urea groups is 1. The first kappa shape index (κ1) is 38.9. The number of imide groups is 2. The van der Waals surface area contributed by atoms with Crippen molar-refractivity contribution in [3.05, 3.63) is 65.5 Å². The van der Waals surface area contributed by atoms with Crippen molar-refractivity contribution < 1.29 is 28.8 Å². The summed E-state index contributed by atoms with van der Waals surface area (Å²) in [6, 6.07) is 12.7. The number of nitrogens with two attached hydrogens (primary N) is 1. The van der Waals surface area contributed by atoms with Gasteiger partial charge in [-0.3, -0.25) is 34.2 Å². The number of fused-ring (bicyclic) bond motifs is 2. The van der Waals surface area contributed by atoms with E-state index in [4.69, 9.17) is 10.7 Å². The molecule has 2 aromatic carbocycles. The molecule has 0 saturated carbocycles. The van der Waals surface area contributed by atoms with E-state index in [1.807, 2.05) is 30.1 Å². The Bertz CT molecular complexity index is 2300. The molecule has 7 aliphatic heterocycles. The van der Waals surface area contributed by atoms with Crippen LogP contribution >= 0.6 is 0 Å². The van der Waals surface area contributed by atoms with Crippen LogP contribution in [0.3, 0.4) is 0 Å². The molecule has 1 aromatic heterocycles. The predicted octanol–water partition coefficient (Wildman–Crippen LogP) is 1.56. The van der Waals surface area contributed by atoms with E-state index in [-0.39, 0.29) is 30.6 Å². The Labute approximate surface area is 353 Å². The Morgan fingerprint density at radius 2 is 1.54 bits per heavy atom. The summed E-state index contributed by atoms with van der Waals surface area (Å²) in [7, 11) is 1.83. The molecule has 7 amide bonds. The quantitative estimate of drug-likeness (QED) is 0.249. The van der Waals surface area contributed by atoms with Gasteiger partial charge in [0, 0.05) is 108 Å². The number of carbonyl (C=O) groups is 6. The zero-order chi connectivity index (χ0) is 42.1. The van der Waals surface area contributed by atoms with Gasteiger partial charge >= 0.3 is 6.03 Å². The topological polar surface area (TPSA) is 201 Å². The molecule has 0 aliphatic carbocycles. The highest BCUT2D eigenvalue weighted by molar-refractivity contribution is 6.23. The lowest BCUT2D eigenvalue weighted by Gasteiger charge is -2.43. The van der Waals surface area contributed by atoms with E-state index < -0.39 is 35.6 Å². The number of primary amides is 1. The summed E-state index contributed by atoms with van der Waals surface area (Å²) < 4.78 is 0. The van der Waals surface area contributed by atoms with Crippen molar-refractivity contribution in [1.29, 1.82) is 0 Å². The molecule has 4 atom stereocenters. The number of carbonyl (C=O) groups excluding carboxylic acids is 6. The lowest BCUT2D eigenvalue weighted by atomic mass is 9.97. The minimum Gasteiger partial charge on any atom is -0.371 e. The highest BCUT2D eigenvalue weighted by Crippen LogP contribution is 2.37. The normalized spacial score (nSPS) is 25.7. The van der Waals surface area contributed by atoms with E-state index in [0.29, 0.717) is 47.1 Å². The van der Waals surface area contributed by atoms with E-state index in [2.05, 4.69) is 47.3 Å². The molecule has 61 heavy (non-hydrogen) atoms. The minimum atomic E-state index is -0.973. The van der Waals surface area contributed by atoms with E-state index in [1.165, 1.54) is 0 Å². The van der Waals surface area contributed by atoms with E-state index in [1.54, 1.807) is 23.2 Å². The second kappa shape index (κ2) is 15.3. The second-order valence-corrected chi connectivity index (χ2v) is 17.7. The molecule has 6 fully saturated rings. The van der Waals surface area contributed by atoms with Crippen LogP contribution in [-0.4, -0.2) is 156 Å². The van der Waals surface area contributed by atoms with Crippen molar-refractivity contribution in [3.8, 4) is 0 Å². The maximum atomic E-state index is 13.3. The largest absolute Gasteiger partial charge is 0.371 e. The number of anilines is 5. The number of likely N-dealkylation sites (tertiary alicyclic amines) is 1. The fraction of sp³-hybridized carbons (Fsp3) is 0.488. The van der Waals surface area contributed by atoms with Crippen LogP contribution in [0.25, 0.3) is 0 Å². The highest BCUT2D eigenvalue weighted by Gasteiger charge is 2.46. The Morgan fingerprint density at radius 1 is 0.820 bits per heavy atom. The summed E-state index contributed by atoms with van der Waals surface area (Å²) in [5.74, 6) is -0.0319. The van der Waals surface area contributed by atoms with Gasteiger partial charge in [0.1, 0.15) is 11.9 Å². The lowest BCUT2D eigenvalue weighted by molar-refractivity contribution is -0.136. The first-order valence-corrected chi connectivity index (χ1v) is 21.4. The molecule has 0 radical (unpaired) electrons. The molecule has 10 rings (SSSR count).